The van der Waals surface area contributed by atoms with Crippen LogP contribution in [-0.4, -0.2) is 40.8 Å². The molecule has 1 aromatic carbocycles. The Morgan fingerprint density at radius 1 is 1.31 bits per heavy atom. The Morgan fingerprint density at radius 3 is 2.58 bits per heavy atom. The first-order valence-corrected chi connectivity index (χ1v) is 9.36. The van der Waals surface area contributed by atoms with E-state index >= 15 is 0 Å². The molecule has 0 atom stereocenters. The van der Waals surface area contributed by atoms with Crippen LogP contribution in [0.1, 0.15) is 35.4 Å². The third kappa shape index (κ3) is 3.94. The van der Waals surface area contributed by atoms with E-state index in [-0.39, 0.29) is 17.9 Å². The number of likely N-dealkylation sites (tertiary alicyclic amines) is 1. The highest BCUT2D eigenvalue weighted by molar-refractivity contribution is 6.31. The molecular formula is C20H25ClN2O3. The van der Waals surface area contributed by atoms with Gasteiger partial charge in [-0.05, 0) is 44.7 Å². The zero-order valence-electron chi connectivity index (χ0n) is 15.3. The van der Waals surface area contributed by atoms with Crippen LogP contribution in [0.5, 0.6) is 0 Å². The van der Waals surface area contributed by atoms with Crippen molar-refractivity contribution in [1.29, 1.82) is 0 Å². The molecule has 1 N–H and O–H groups in total. The van der Waals surface area contributed by atoms with E-state index in [1.165, 1.54) is 0 Å². The number of aryl methyl sites for hydroxylation is 2. The second-order valence-electron chi connectivity index (χ2n) is 7.29. The second-order valence-corrected chi connectivity index (χ2v) is 7.69. The predicted molar refractivity (Wildman–Crippen MR) is 100 cm³/mol. The molecule has 0 aliphatic carbocycles. The number of carbonyl (C=O) groups excluding carboxylic acids is 1. The Morgan fingerprint density at radius 2 is 2.00 bits per heavy atom. The van der Waals surface area contributed by atoms with Gasteiger partial charge >= 0.3 is 0 Å². The van der Waals surface area contributed by atoms with Crippen molar-refractivity contribution in [1.82, 2.24) is 10.1 Å². The van der Waals surface area contributed by atoms with Gasteiger partial charge in [0.05, 0.1) is 12.1 Å². The number of amides is 1. The van der Waals surface area contributed by atoms with E-state index in [4.69, 9.17) is 16.1 Å². The molecule has 1 amide bonds. The second kappa shape index (κ2) is 7.80. The molecule has 5 nitrogen and oxygen atoms in total. The van der Waals surface area contributed by atoms with Crippen LogP contribution in [0, 0.1) is 19.3 Å². The molecule has 0 unspecified atom stereocenters. The maximum atomic E-state index is 12.7. The Balaban J connectivity index is 1.63. The summed E-state index contributed by atoms with van der Waals surface area (Å²) in [6, 6.07) is 7.76. The first-order valence-electron chi connectivity index (χ1n) is 8.98. The number of halogens is 1. The molecule has 2 heterocycles. The number of benzene rings is 1. The molecule has 0 spiro atoms. The fraction of sp³-hybridized carbons (Fsp3) is 0.500. The van der Waals surface area contributed by atoms with Gasteiger partial charge in [-0.3, -0.25) is 4.79 Å². The fourth-order valence-corrected chi connectivity index (χ4v) is 3.89. The van der Waals surface area contributed by atoms with Crippen molar-refractivity contribution in [2.24, 2.45) is 5.41 Å². The van der Waals surface area contributed by atoms with Gasteiger partial charge in [0.15, 0.2) is 0 Å². The molecule has 6 heteroatoms. The minimum absolute atomic E-state index is 0.0867. The lowest BCUT2D eigenvalue weighted by atomic mass is 9.74. The SMILES string of the molecule is Cc1noc(C)c1CC(=O)N1CCC(CO)(Cc2ccccc2Cl)CC1. The van der Waals surface area contributed by atoms with Gasteiger partial charge in [-0.1, -0.05) is 35.0 Å². The van der Waals surface area contributed by atoms with Gasteiger partial charge in [0, 0.05) is 35.7 Å². The van der Waals surface area contributed by atoms with Gasteiger partial charge in [-0.25, -0.2) is 0 Å². The smallest absolute Gasteiger partial charge is 0.227 e. The van der Waals surface area contributed by atoms with Crippen LogP contribution in [0.4, 0.5) is 0 Å². The molecule has 0 saturated carbocycles. The maximum Gasteiger partial charge on any atom is 0.227 e. The summed E-state index contributed by atoms with van der Waals surface area (Å²) in [5.41, 5.74) is 2.49. The minimum atomic E-state index is -0.217. The third-order valence-electron chi connectivity index (χ3n) is 5.54. The molecule has 0 bridgehead atoms. The third-order valence-corrected chi connectivity index (χ3v) is 5.91. The number of nitrogens with zero attached hydrogens (tertiary/aromatic N) is 2. The Labute approximate surface area is 158 Å². The number of aliphatic hydroxyl groups excluding tert-OH is 1. The lowest BCUT2D eigenvalue weighted by Crippen LogP contribution is -2.46. The van der Waals surface area contributed by atoms with Crippen molar-refractivity contribution >= 4 is 17.5 Å². The molecule has 1 aromatic heterocycles. The zero-order chi connectivity index (χ0) is 18.7. The number of rotatable bonds is 5. The van der Waals surface area contributed by atoms with Crippen LogP contribution in [0.3, 0.4) is 0 Å². The molecule has 1 fully saturated rings. The maximum absolute atomic E-state index is 12.7. The number of hydrogen-bond donors (Lipinski definition) is 1. The highest BCUT2D eigenvalue weighted by Gasteiger charge is 2.36. The van der Waals surface area contributed by atoms with E-state index in [1.807, 2.05) is 43.0 Å². The average Bonchev–Trinajstić information content (AvgIpc) is 2.96. The van der Waals surface area contributed by atoms with Gasteiger partial charge in [0.25, 0.3) is 0 Å². The lowest BCUT2D eigenvalue weighted by molar-refractivity contribution is -0.133. The molecule has 2 aromatic rings. The van der Waals surface area contributed by atoms with Crippen molar-refractivity contribution in [2.45, 2.75) is 39.5 Å². The van der Waals surface area contributed by atoms with Crippen LogP contribution in [0.15, 0.2) is 28.8 Å². The molecule has 1 aliphatic rings. The summed E-state index contributed by atoms with van der Waals surface area (Å²) in [6.45, 7) is 5.08. The largest absolute Gasteiger partial charge is 0.396 e. The Hall–Kier alpha value is -1.85. The summed E-state index contributed by atoms with van der Waals surface area (Å²) in [5.74, 6) is 0.792. The molecule has 26 heavy (non-hydrogen) atoms. The first-order chi connectivity index (χ1) is 12.4. The number of hydrogen-bond acceptors (Lipinski definition) is 4. The van der Waals surface area contributed by atoms with E-state index in [1.54, 1.807) is 0 Å². The Kier molecular flexibility index (Phi) is 5.68. The van der Waals surface area contributed by atoms with Gasteiger partial charge < -0.3 is 14.5 Å². The van der Waals surface area contributed by atoms with E-state index in [0.717, 1.165) is 41.1 Å². The quantitative estimate of drug-likeness (QED) is 0.869. The summed E-state index contributed by atoms with van der Waals surface area (Å²) < 4.78 is 5.15. The minimum Gasteiger partial charge on any atom is -0.396 e. The van der Waals surface area contributed by atoms with Crippen molar-refractivity contribution < 1.29 is 14.4 Å². The summed E-state index contributed by atoms with van der Waals surface area (Å²) in [5, 5.41) is 14.7. The summed E-state index contributed by atoms with van der Waals surface area (Å²) >= 11 is 6.29. The number of aliphatic hydroxyl groups is 1. The number of aromatic nitrogens is 1. The van der Waals surface area contributed by atoms with Crippen molar-refractivity contribution in [2.75, 3.05) is 19.7 Å². The average molecular weight is 377 g/mol. The highest BCUT2D eigenvalue weighted by Crippen LogP contribution is 2.36. The molecular weight excluding hydrogens is 352 g/mol. The number of carbonyl (C=O) groups is 1. The van der Waals surface area contributed by atoms with Crippen molar-refractivity contribution in [3.05, 3.63) is 51.9 Å². The Bertz CT molecular complexity index is 760. The normalized spacial score (nSPS) is 16.7. The van der Waals surface area contributed by atoms with Crippen LogP contribution < -0.4 is 0 Å². The summed E-state index contributed by atoms with van der Waals surface area (Å²) in [6.07, 6.45) is 2.58. The van der Waals surface area contributed by atoms with Crippen LogP contribution in [-0.2, 0) is 17.6 Å². The number of piperidine rings is 1. The van der Waals surface area contributed by atoms with Gasteiger partial charge in [0.2, 0.25) is 5.91 Å². The van der Waals surface area contributed by atoms with E-state index in [0.29, 0.717) is 25.3 Å². The molecule has 0 radical (unpaired) electrons. The topological polar surface area (TPSA) is 66.6 Å². The monoisotopic (exact) mass is 376 g/mol. The van der Waals surface area contributed by atoms with Crippen molar-refractivity contribution in [3.8, 4) is 0 Å². The van der Waals surface area contributed by atoms with Crippen LogP contribution in [0.2, 0.25) is 5.02 Å². The summed E-state index contributed by atoms with van der Waals surface area (Å²) in [7, 11) is 0. The highest BCUT2D eigenvalue weighted by atomic mass is 35.5. The van der Waals surface area contributed by atoms with Crippen LogP contribution >= 0.6 is 11.6 Å². The van der Waals surface area contributed by atoms with Gasteiger partial charge in [-0.15, -0.1) is 0 Å². The molecule has 3 rings (SSSR count). The van der Waals surface area contributed by atoms with Gasteiger partial charge in [0.1, 0.15) is 5.76 Å². The molecule has 140 valence electrons. The lowest BCUT2D eigenvalue weighted by Gasteiger charge is -2.41. The first kappa shape index (κ1) is 18.9. The van der Waals surface area contributed by atoms with E-state index in [2.05, 4.69) is 5.16 Å². The van der Waals surface area contributed by atoms with Crippen molar-refractivity contribution in [3.63, 3.8) is 0 Å². The molecule has 1 aliphatic heterocycles. The van der Waals surface area contributed by atoms with Gasteiger partial charge in [-0.2, -0.15) is 0 Å². The standard InChI is InChI=1S/C20H25ClN2O3/c1-14-17(15(2)26-22-14)11-19(25)23-9-7-20(13-24,8-10-23)12-16-5-3-4-6-18(16)21/h3-6,24H,7-13H2,1-2H3. The predicted octanol–water partition coefficient (Wildman–Crippen LogP) is 3.33. The zero-order valence-corrected chi connectivity index (χ0v) is 16.1. The molecule has 1 saturated heterocycles. The summed E-state index contributed by atoms with van der Waals surface area (Å²) in [4.78, 5) is 14.5. The van der Waals surface area contributed by atoms with Crippen LogP contribution in [0.25, 0.3) is 0 Å². The van der Waals surface area contributed by atoms with E-state index < -0.39 is 0 Å². The fourth-order valence-electron chi connectivity index (χ4n) is 3.68. The van der Waals surface area contributed by atoms with E-state index in [9.17, 15) is 9.90 Å².